The molecule has 0 saturated carbocycles. The second-order valence-corrected chi connectivity index (χ2v) is 4.07. The Morgan fingerprint density at radius 1 is 1.37 bits per heavy atom. The third-order valence-corrected chi connectivity index (χ3v) is 2.88. The van der Waals surface area contributed by atoms with Crippen molar-refractivity contribution in [2.24, 2.45) is 0 Å². The number of aromatic nitrogens is 1. The van der Waals surface area contributed by atoms with Crippen molar-refractivity contribution < 1.29 is 34.5 Å². The third-order valence-electron chi connectivity index (χ3n) is 2.88. The van der Waals surface area contributed by atoms with Crippen molar-refractivity contribution in [2.75, 3.05) is 6.61 Å². The Morgan fingerprint density at radius 3 is 2.58 bits per heavy atom. The fourth-order valence-electron chi connectivity index (χ4n) is 1.90. The molecule has 4 atom stereocenters. The zero-order chi connectivity index (χ0) is 13.3. The molecule has 7 heteroatoms. The Bertz CT molecular complexity index is 452. The molecule has 19 heavy (non-hydrogen) atoms. The number of hydrogen-bond donors (Lipinski definition) is 4. The number of aliphatic hydroxyl groups excluding tert-OH is 3. The Labute approximate surface area is 110 Å². The highest BCUT2D eigenvalue weighted by atomic mass is 16.6. The van der Waals surface area contributed by atoms with Gasteiger partial charge in [0.25, 0.3) is 6.23 Å². The molecule has 1 aromatic rings. The first-order valence-corrected chi connectivity index (χ1v) is 5.41. The van der Waals surface area contributed by atoms with Crippen LogP contribution in [-0.2, 0) is 4.74 Å². The van der Waals surface area contributed by atoms with Crippen LogP contribution in [0.2, 0.25) is 0 Å². The molecule has 2 rings (SSSR count). The predicted octanol–water partition coefficient (Wildman–Crippen LogP) is -1.27. The summed E-state index contributed by atoms with van der Waals surface area (Å²) in [5, 5.41) is 37.2. The molecule has 1 saturated heterocycles. The maximum Gasteiger partial charge on any atom is 0.341 e. The van der Waals surface area contributed by atoms with Crippen molar-refractivity contribution in [1.29, 1.82) is 0 Å². The van der Waals surface area contributed by atoms with Gasteiger partial charge in [0.2, 0.25) is 0 Å². The van der Waals surface area contributed by atoms with Gasteiger partial charge in [-0.15, -0.1) is 0 Å². The number of aromatic carboxylic acids is 1. The average Bonchev–Trinajstić information content (AvgIpc) is 2.66. The van der Waals surface area contributed by atoms with E-state index in [2.05, 4.69) is 0 Å². The normalized spacial score (nSPS) is 29.8. The molecule has 0 aliphatic carbocycles. The van der Waals surface area contributed by atoms with E-state index in [0.717, 1.165) is 0 Å². The van der Waals surface area contributed by atoms with Gasteiger partial charge in [0.1, 0.15) is 17.8 Å². The van der Waals surface area contributed by atoms with E-state index in [0.29, 0.717) is 0 Å². The number of carboxylic acid groups (broad SMARTS) is 1. The summed E-state index contributed by atoms with van der Waals surface area (Å²) in [7, 11) is 0. The minimum atomic E-state index is -1.23. The predicted molar refractivity (Wildman–Crippen MR) is 63.0 cm³/mol. The molecule has 7 nitrogen and oxygen atoms in total. The molecule has 1 aliphatic rings. The molecular weight excluding hydrogens is 254 g/mol. The summed E-state index contributed by atoms with van der Waals surface area (Å²) in [6.45, 7) is -0.423. The second kappa shape index (κ2) is 6.07. The van der Waals surface area contributed by atoms with Crippen LogP contribution in [0.1, 0.15) is 16.6 Å². The first-order chi connectivity index (χ1) is 8.54. The Balaban J connectivity index is 0.00000180. The molecular formula is C12H17NO6. The SMILES string of the molecule is O=C(O)c1ccc[n+]([C@@H]2O[C@H](CO)[C@@H](O)[C@@H]2O)c1.[CH3-]. The molecule has 0 bridgehead atoms. The molecule has 1 aromatic heterocycles. The largest absolute Gasteiger partial charge is 0.477 e. The molecule has 106 valence electrons. The van der Waals surface area contributed by atoms with Crippen LogP contribution in [0.15, 0.2) is 24.5 Å². The van der Waals surface area contributed by atoms with E-state index >= 15 is 0 Å². The van der Waals surface area contributed by atoms with E-state index in [9.17, 15) is 15.0 Å². The van der Waals surface area contributed by atoms with Gasteiger partial charge in [0, 0.05) is 6.07 Å². The van der Waals surface area contributed by atoms with E-state index in [1.807, 2.05) is 0 Å². The number of aliphatic hydroxyl groups is 3. The molecule has 0 aromatic carbocycles. The number of carboxylic acids is 1. The van der Waals surface area contributed by atoms with Crippen LogP contribution in [0.5, 0.6) is 0 Å². The van der Waals surface area contributed by atoms with Crippen LogP contribution >= 0.6 is 0 Å². The number of rotatable bonds is 3. The molecule has 0 spiro atoms. The number of nitrogens with zero attached hydrogens (tertiary/aromatic N) is 1. The van der Waals surface area contributed by atoms with Gasteiger partial charge in [-0.2, -0.15) is 4.57 Å². The summed E-state index contributed by atoms with van der Waals surface area (Å²) in [6, 6.07) is 2.90. The zero-order valence-corrected chi connectivity index (χ0v) is 10.4. The maximum absolute atomic E-state index is 10.8. The van der Waals surface area contributed by atoms with Gasteiger partial charge in [-0.1, -0.05) is 0 Å². The standard InChI is InChI=1S/C11H13NO6.CH3/c13-5-7-8(14)9(15)10(18-7)12-3-1-2-6(4-12)11(16)17;/h1-4,7-10,13-15H,5H2;1H3/q;-1/p+1/t7-,8-,9+,10-;/m1./s1. The smallest absolute Gasteiger partial charge is 0.341 e. The Kier molecular flexibility index (Phi) is 4.96. The summed E-state index contributed by atoms with van der Waals surface area (Å²) < 4.78 is 6.63. The van der Waals surface area contributed by atoms with E-state index in [-0.39, 0.29) is 13.0 Å². The van der Waals surface area contributed by atoms with Crippen LogP contribution in [0.4, 0.5) is 0 Å². The molecule has 0 radical (unpaired) electrons. The van der Waals surface area contributed by atoms with Crippen molar-refractivity contribution in [1.82, 2.24) is 0 Å². The molecule has 2 heterocycles. The zero-order valence-electron chi connectivity index (χ0n) is 10.4. The summed E-state index contributed by atoms with van der Waals surface area (Å²) in [4.78, 5) is 10.8. The fraction of sp³-hybridized carbons (Fsp3) is 0.417. The summed E-state index contributed by atoms with van der Waals surface area (Å²) in [6.07, 6.45) is -1.42. The van der Waals surface area contributed by atoms with Gasteiger partial charge in [0.05, 0.1) is 6.61 Å². The lowest BCUT2D eigenvalue weighted by molar-refractivity contribution is -0.765. The first kappa shape index (κ1) is 15.5. The first-order valence-electron chi connectivity index (χ1n) is 5.41. The number of ether oxygens (including phenoxy) is 1. The molecule has 1 fully saturated rings. The Hall–Kier alpha value is -1.54. The quantitative estimate of drug-likeness (QED) is 0.403. The van der Waals surface area contributed by atoms with Gasteiger partial charge < -0.3 is 32.6 Å². The number of carbonyl (C=O) groups is 1. The van der Waals surface area contributed by atoms with Crippen LogP contribution in [0, 0.1) is 7.43 Å². The van der Waals surface area contributed by atoms with Crippen LogP contribution in [0.25, 0.3) is 0 Å². The van der Waals surface area contributed by atoms with Crippen LogP contribution in [-0.4, -0.2) is 51.3 Å². The third kappa shape index (κ3) is 2.90. The summed E-state index contributed by atoms with van der Waals surface area (Å²) in [5.74, 6) is -1.10. The Morgan fingerprint density at radius 2 is 2.05 bits per heavy atom. The fourth-order valence-corrected chi connectivity index (χ4v) is 1.90. The van der Waals surface area contributed by atoms with E-state index < -0.39 is 37.1 Å². The highest BCUT2D eigenvalue weighted by Crippen LogP contribution is 2.24. The van der Waals surface area contributed by atoms with Crippen molar-refractivity contribution >= 4 is 5.97 Å². The van der Waals surface area contributed by atoms with E-state index in [1.165, 1.54) is 29.1 Å². The highest BCUT2D eigenvalue weighted by Gasteiger charge is 2.47. The average molecular weight is 271 g/mol. The maximum atomic E-state index is 10.8. The van der Waals surface area contributed by atoms with Crippen molar-refractivity contribution in [3.8, 4) is 0 Å². The van der Waals surface area contributed by atoms with Gasteiger partial charge in [-0.3, -0.25) is 0 Å². The lowest BCUT2D eigenvalue weighted by Gasteiger charge is -2.09. The van der Waals surface area contributed by atoms with Crippen LogP contribution in [0.3, 0.4) is 0 Å². The monoisotopic (exact) mass is 271 g/mol. The molecule has 4 N–H and O–H groups in total. The molecule has 1 aliphatic heterocycles. The van der Waals surface area contributed by atoms with Gasteiger partial charge >= 0.3 is 5.97 Å². The van der Waals surface area contributed by atoms with Gasteiger partial charge in [-0.05, 0) is 6.07 Å². The van der Waals surface area contributed by atoms with Crippen molar-refractivity contribution in [2.45, 2.75) is 24.5 Å². The minimum absolute atomic E-state index is 0. The summed E-state index contributed by atoms with van der Waals surface area (Å²) >= 11 is 0. The summed E-state index contributed by atoms with van der Waals surface area (Å²) in [5.41, 5.74) is 0.0373. The number of hydrogen-bond acceptors (Lipinski definition) is 5. The lowest BCUT2D eigenvalue weighted by atomic mass is 10.1. The van der Waals surface area contributed by atoms with E-state index in [1.54, 1.807) is 0 Å². The molecule has 0 amide bonds. The highest BCUT2D eigenvalue weighted by molar-refractivity contribution is 5.86. The number of pyridine rings is 1. The van der Waals surface area contributed by atoms with Crippen molar-refractivity contribution in [3.05, 3.63) is 37.5 Å². The molecule has 0 unspecified atom stereocenters. The van der Waals surface area contributed by atoms with E-state index in [4.69, 9.17) is 14.9 Å². The lowest BCUT2D eigenvalue weighted by Crippen LogP contribution is -2.46. The van der Waals surface area contributed by atoms with Crippen molar-refractivity contribution in [3.63, 3.8) is 0 Å². The minimum Gasteiger partial charge on any atom is -0.477 e. The van der Waals surface area contributed by atoms with Crippen LogP contribution < -0.4 is 4.57 Å². The topological polar surface area (TPSA) is 111 Å². The van der Waals surface area contributed by atoms with Gasteiger partial charge in [0.15, 0.2) is 18.5 Å². The van der Waals surface area contributed by atoms with Gasteiger partial charge in [-0.25, -0.2) is 4.79 Å². The second-order valence-electron chi connectivity index (χ2n) is 4.07.